The second-order valence-electron chi connectivity index (χ2n) is 3.64. The third-order valence-corrected chi connectivity index (χ3v) is 4.28. The van der Waals surface area contributed by atoms with Crippen LogP contribution in [-0.2, 0) is 24.5 Å². The summed E-state index contributed by atoms with van der Waals surface area (Å²) in [6.45, 7) is 5.97. The summed E-state index contributed by atoms with van der Waals surface area (Å²) in [5, 5.41) is 0. The van der Waals surface area contributed by atoms with Crippen molar-refractivity contribution >= 4 is 13.6 Å². The van der Waals surface area contributed by atoms with Crippen LogP contribution in [-0.4, -0.2) is 25.8 Å². The van der Waals surface area contributed by atoms with E-state index in [0.717, 1.165) is 0 Å². The molecule has 0 N–H and O–H groups in total. The maximum atomic E-state index is 12.4. The molecule has 1 rings (SSSR count). The van der Waals surface area contributed by atoms with Crippen LogP contribution in [0.1, 0.15) is 36.7 Å². The normalized spacial score (nSPS) is 11.5. The summed E-state index contributed by atoms with van der Waals surface area (Å²) in [6, 6.07) is 0. The van der Waals surface area contributed by atoms with Gasteiger partial charge in [0, 0.05) is 5.56 Å². The second-order valence-corrected chi connectivity index (χ2v) is 5.69. The number of hydrogen-bond donors (Lipinski definition) is 0. The van der Waals surface area contributed by atoms with Crippen molar-refractivity contribution in [3.63, 3.8) is 0 Å². The van der Waals surface area contributed by atoms with Gasteiger partial charge in [-0.1, -0.05) is 0 Å². The summed E-state index contributed by atoms with van der Waals surface area (Å²) in [5.41, 5.74) is 0.713. The molecular formula is C12H19O6P. The minimum atomic E-state index is -3.26. The molecule has 0 unspecified atom stereocenters. The smallest absolute Gasteiger partial charge is 0.341 e. The molecule has 0 atom stereocenters. The van der Waals surface area contributed by atoms with Gasteiger partial charge >= 0.3 is 13.6 Å². The molecule has 7 heteroatoms. The zero-order chi connectivity index (χ0) is 14.3. The molecule has 0 amide bonds. The van der Waals surface area contributed by atoms with Crippen LogP contribution in [0, 0.1) is 0 Å². The van der Waals surface area contributed by atoms with Crippen LogP contribution >= 0.6 is 7.60 Å². The highest BCUT2D eigenvalue weighted by molar-refractivity contribution is 7.53. The summed E-state index contributed by atoms with van der Waals surface area (Å²) in [6.07, 6.45) is 2.62. The Bertz CT molecular complexity index is 443. The maximum absolute atomic E-state index is 12.4. The van der Waals surface area contributed by atoms with Crippen molar-refractivity contribution in [2.75, 3.05) is 19.8 Å². The highest BCUT2D eigenvalue weighted by Crippen LogP contribution is 2.51. The van der Waals surface area contributed by atoms with Gasteiger partial charge in [-0.2, -0.15) is 0 Å². The molecule has 0 saturated carbocycles. The summed E-state index contributed by atoms with van der Waals surface area (Å²) >= 11 is 0. The summed E-state index contributed by atoms with van der Waals surface area (Å²) in [5.74, 6) is -0.509. The molecule has 0 spiro atoms. The van der Waals surface area contributed by atoms with E-state index in [-0.39, 0.29) is 31.5 Å². The van der Waals surface area contributed by atoms with Gasteiger partial charge in [0.2, 0.25) is 0 Å². The zero-order valence-electron chi connectivity index (χ0n) is 11.4. The number of furan rings is 1. The van der Waals surface area contributed by atoms with E-state index in [1.54, 1.807) is 20.8 Å². The Morgan fingerprint density at radius 3 is 2.32 bits per heavy atom. The van der Waals surface area contributed by atoms with Crippen molar-refractivity contribution in [3.8, 4) is 0 Å². The fraction of sp³-hybridized carbons (Fsp3) is 0.583. The average molecular weight is 290 g/mol. The van der Waals surface area contributed by atoms with E-state index in [1.807, 2.05) is 0 Å². The van der Waals surface area contributed by atoms with E-state index in [2.05, 4.69) is 0 Å². The number of esters is 1. The van der Waals surface area contributed by atoms with E-state index < -0.39 is 13.6 Å². The van der Waals surface area contributed by atoms with Gasteiger partial charge in [0.05, 0.1) is 32.2 Å². The summed E-state index contributed by atoms with van der Waals surface area (Å²) in [7, 11) is -3.26. The van der Waals surface area contributed by atoms with Crippen LogP contribution in [0.15, 0.2) is 16.9 Å². The predicted molar refractivity (Wildman–Crippen MR) is 69.2 cm³/mol. The fourth-order valence-electron chi connectivity index (χ4n) is 1.56. The number of carbonyl (C=O) groups excluding carboxylic acids is 1. The van der Waals surface area contributed by atoms with Crippen molar-refractivity contribution in [1.29, 1.82) is 0 Å². The Kier molecular flexibility index (Phi) is 6.28. The molecule has 0 saturated heterocycles. The lowest BCUT2D eigenvalue weighted by molar-refractivity contribution is 0.0524. The predicted octanol–water partition coefficient (Wildman–Crippen LogP) is 3.22. The summed E-state index contributed by atoms with van der Waals surface area (Å²) < 4.78 is 32.6. The minimum absolute atomic E-state index is 0.0146. The van der Waals surface area contributed by atoms with Gasteiger partial charge < -0.3 is 18.2 Å². The lowest BCUT2D eigenvalue weighted by Crippen LogP contribution is -2.07. The van der Waals surface area contributed by atoms with Gasteiger partial charge in [-0.3, -0.25) is 4.57 Å². The third-order valence-electron chi connectivity index (χ3n) is 2.25. The van der Waals surface area contributed by atoms with E-state index in [1.165, 1.54) is 12.5 Å². The Morgan fingerprint density at radius 1 is 1.16 bits per heavy atom. The van der Waals surface area contributed by atoms with E-state index in [9.17, 15) is 9.36 Å². The molecule has 1 heterocycles. The van der Waals surface area contributed by atoms with E-state index in [4.69, 9.17) is 18.2 Å². The zero-order valence-corrected chi connectivity index (χ0v) is 12.3. The van der Waals surface area contributed by atoms with Crippen LogP contribution in [0.2, 0.25) is 0 Å². The first-order valence-electron chi connectivity index (χ1n) is 6.16. The molecule has 19 heavy (non-hydrogen) atoms. The first-order chi connectivity index (χ1) is 9.06. The third kappa shape index (κ3) is 4.49. The molecule has 0 aliphatic heterocycles. The first kappa shape index (κ1) is 16.0. The number of rotatable bonds is 8. The van der Waals surface area contributed by atoms with Gasteiger partial charge in [-0.25, -0.2) is 4.79 Å². The van der Waals surface area contributed by atoms with Crippen LogP contribution in [0.3, 0.4) is 0 Å². The average Bonchev–Trinajstić information content (AvgIpc) is 2.77. The molecule has 1 aromatic heterocycles. The Morgan fingerprint density at radius 2 is 1.79 bits per heavy atom. The number of ether oxygens (including phenoxy) is 1. The van der Waals surface area contributed by atoms with E-state index >= 15 is 0 Å². The van der Waals surface area contributed by atoms with Crippen LogP contribution in [0.5, 0.6) is 0 Å². The molecular weight excluding hydrogens is 271 g/mol. The Labute approximate surface area is 112 Å². The molecule has 0 aliphatic carbocycles. The second kappa shape index (κ2) is 7.48. The molecule has 0 radical (unpaired) electrons. The number of hydrogen-bond acceptors (Lipinski definition) is 6. The van der Waals surface area contributed by atoms with E-state index in [0.29, 0.717) is 5.56 Å². The molecule has 0 bridgehead atoms. The van der Waals surface area contributed by atoms with Gasteiger partial charge in [0.1, 0.15) is 11.8 Å². The standard InChI is InChI=1S/C12H19O6P/c1-4-16-12(13)11-8-15-7-10(11)9-19(14,17-5-2)18-6-3/h7-8H,4-6,9H2,1-3H3. The molecule has 0 aromatic carbocycles. The first-order valence-corrected chi connectivity index (χ1v) is 7.89. The topological polar surface area (TPSA) is 75.0 Å². The maximum Gasteiger partial charge on any atom is 0.341 e. The summed E-state index contributed by atoms with van der Waals surface area (Å²) in [4.78, 5) is 11.7. The van der Waals surface area contributed by atoms with Gasteiger partial charge in [0.15, 0.2) is 0 Å². The number of carbonyl (C=O) groups is 1. The SMILES string of the molecule is CCOC(=O)c1cocc1CP(=O)(OCC)OCC. The van der Waals surface area contributed by atoms with Crippen LogP contribution in [0.25, 0.3) is 0 Å². The largest absolute Gasteiger partial charge is 0.471 e. The van der Waals surface area contributed by atoms with Crippen molar-refractivity contribution in [3.05, 3.63) is 23.7 Å². The lowest BCUT2D eigenvalue weighted by atomic mass is 10.2. The quantitative estimate of drug-likeness (QED) is 0.540. The highest BCUT2D eigenvalue weighted by atomic mass is 31.2. The molecule has 0 aliphatic rings. The molecule has 6 nitrogen and oxygen atoms in total. The minimum Gasteiger partial charge on any atom is -0.471 e. The monoisotopic (exact) mass is 290 g/mol. The van der Waals surface area contributed by atoms with Crippen LogP contribution < -0.4 is 0 Å². The lowest BCUT2D eigenvalue weighted by Gasteiger charge is -2.16. The molecule has 108 valence electrons. The van der Waals surface area contributed by atoms with Crippen molar-refractivity contribution in [2.45, 2.75) is 26.9 Å². The Balaban J connectivity index is 2.89. The molecule has 0 fully saturated rings. The van der Waals surface area contributed by atoms with Crippen molar-refractivity contribution in [2.24, 2.45) is 0 Å². The van der Waals surface area contributed by atoms with Crippen molar-refractivity contribution < 1.29 is 27.6 Å². The van der Waals surface area contributed by atoms with Gasteiger partial charge in [0.25, 0.3) is 0 Å². The van der Waals surface area contributed by atoms with Gasteiger partial charge in [-0.05, 0) is 20.8 Å². The Hall–Kier alpha value is -1.10. The fourth-order valence-corrected chi connectivity index (χ4v) is 3.27. The molecule has 1 aromatic rings. The van der Waals surface area contributed by atoms with Crippen LogP contribution in [0.4, 0.5) is 0 Å². The van der Waals surface area contributed by atoms with Gasteiger partial charge in [-0.15, -0.1) is 0 Å². The highest BCUT2D eigenvalue weighted by Gasteiger charge is 2.28. The van der Waals surface area contributed by atoms with Crippen molar-refractivity contribution in [1.82, 2.24) is 0 Å².